The molecule has 2 aliphatic heterocycles. The van der Waals surface area contributed by atoms with E-state index in [-0.39, 0.29) is 31.0 Å². The van der Waals surface area contributed by atoms with Crippen LogP contribution >= 0.6 is 0 Å². The maximum atomic E-state index is 13.6. The highest BCUT2D eigenvalue weighted by molar-refractivity contribution is 6.07. The molecule has 1 N–H and O–H groups in total. The molecule has 0 aliphatic carbocycles. The summed E-state index contributed by atoms with van der Waals surface area (Å²) in [6.07, 6.45) is 0.502. The number of carbonyl (C=O) groups is 2. The van der Waals surface area contributed by atoms with Gasteiger partial charge in [0.1, 0.15) is 5.54 Å². The first-order valence-corrected chi connectivity index (χ1v) is 6.68. The highest BCUT2D eigenvalue weighted by atomic mass is 19.2. The number of rotatable bonds is 3. The summed E-state index contributed by atoms with van der Waals surface area (Å²) in [5, 5.41) is 2.64. The Hall–Kier alpha value is -2.02. The average molecular weight is 296 g/mol. The van der Waals surface area contributed by atoms with Gasteiger partial charge in [0.2, 0.25) is 0 Å². The highest BCUT2D eigenvalue weighted by Crippen LogP contribution is 2.27. The van der Waals surface area contributed by atoms with Crippen molar-refractivity contribution < 1.29 is 23.1 Å². The number of hydrogen-bond acceptors (Lipinski definition) is 3. The van der Waals surface area contributed by atoms with Crippen molar-refractivity contribution >= 4 is 11.9 Å². The zero-order valence-electron chi connectivity index (χ0n) is 11.2. The third kappa shape index (κ3) is 2.27. The number of benzene rings is 1. The van der Waals surface area contributed by atoms with Gasteiger partial charge in [-0.2, -0.15) is 0 Å². The summed E-state index contributed by atoms with van der Waals surface area (Å²) in [4.78, 5) is 25.2. The fraction of sp³-hybridized carbons (Fsp3) is 0.429. The van der Waals surface area contributed by atoms with Crippen LogP contribution in [0.1, 0.15) is 12.0 Å². The SMILES string of the molecule is O=C1N[C@]2(CCOC2)C(=O)N1CCc1cccc(F)c1F. The van der Waals surface area contributed by atoms with Gasteiger partial charge >= 0.3 is 6.03 Å². The number of ether oxygens (including phenoxy) is 1. The molecule has 21 heavy (non-hydrogen) atoms. The lowest BCUT2D eigenvalue weighted by molar-refractivity contribution is -0.131. The molecule has 2 fully saturated rings. The molecule has 7 heteroatoms. The molecule has 0 radical (unpaired) electrons. The molecule has 5 nitrogen and oxygen atoms in total. The van der Waals surface area contributed by atoms with Crippen molar-refractivity contribution in [3.05, 3.63) is 35.4 Å². The van der Waals surface area contributed by atoms with Crippen LogP contribution in [-0.4, -0.2) is 42.1 Å². The molecule has 1 spiro atoms. The summed E-state index contributed by atoms with van der Waals surface area (Å²) in [6.45, 7) is 0.577. The Balaban J connectivity index is 1.72. The van der Waals surface area contributed by atoms with Gasteiger partial charge < -0.3 is 10.1 Å². The van der Waals surface area contributed by atoms with Crippen LogP contribution in [0.15, 0.2) is 18.2 Å². The minimum atomic E-state index is -0.975. The van der Waals surface area contributed by atoms with Crippen molar-refractivity contribution in [3.63, 3.8) is 0 Å². The number of nitrogens with zero attached hydrogens (tertiary/aromatic N) is 1. The maximum absolute atomic E-state index is 13.6. The van der Waals surface area contributed by atoms with Gasteiger partial charge in [-0.25, -0.2) is 13.6 Å². The summed E-state index contributed by atoms with van der Waals surface area (Å²) in [7, 11) is 0. The second-order valence-electron chi connectivity index (χ2n) is 5.23. The number of hydrogen-bond donors (Lipinski definition) is 1. The third-order valence-corrected chi connectivity index (χ3v) is 3.90. The van der Waals surface area contributed by atoms with Crippen molar-refractivity contribution in [1.82, 2.24) is 10.2 Å². The summed E-state index contributed by atoms with van der Waals surface area (Å²) >= 11 is 0. The molecule has 1 atom stereocenters. The Kier molecular flexibility index (Phi) is 3.36. The summed E-state index contributed by atoms with van der Waals surface area (Å²) in [5.41, 5.74) is -0.836. The van der Waals surface area contributed by atoms with Crippen LogP contribution in [0.2, 0.25) is 0 Å². The molecule has 3 amide bonds. The topological polar surface area (TPSA) is 58.6 Å². The first kappa shape index (κ1) is 13.9. The molecule has 0 aromatic heterocycles. The zero-order chi connectivity index (χ0) is 15.0. The zero-order valence-corrected chi connectivity index (χ0v) is 11.2. The maximum Gasteiger partial charge on any atom is 0.325 e. The molecule has 2 heterocycles. The van der Waals surface area contributed by atoms with E-state index in [2.05, 4.69) is 5.32 Å². The highest BCUT2D eigenvalue weighted by Gasteiger charge is 2.53. The predicted octanol–water partition coefficient (Wildman–Crippen LogP) is 1.22. The lowest BCUT2D eigenvalue weighted by Crippen LogP contribution is -2.47. The van der Waals surface area contributed by atoms with Gasteiger partial charge in [-0.1, -0.05) is 12.1 Å². The van der Waals surface area contributed by atoms with E-state index in [9.17, 15) is 18.4 Å². The summed E-state index contributed by atoms with van der Waals surface area (Å²) in [6, 6.07) is 3.34. The van der Waals surface area contributed by atoms with Crippen molar-refractivity contribution in [2.24, 2.45) is 0 Å². The van der Waals surface area contributed by atoms with Crippen molar-refractivity contribution in [3.8, 4) is 0 Å². The first-order chi connectivity index (χ1) is 10.0. The molecule has 0 bridgehead atoms. The number of urea groups is 1. The van der Waals surface area contributed by atoms with Crippen LogP contribution in [-0.2, 0) is 16.0 Å². The van der Waals surface area contributed by atoms with Crippen LogP contribution in [0.4, 0.5) is 13.6 Å². The van der Waals surface area contributed by atoms with Crippen LogP contribution < -0.4 is 5.32 Å². The van der Waals surface area contributed by atoms with Crippen molar-refractivity contribution in [2.75, 3.05) is 19.8 Å². The van der Waals surface area contributed by atoms with Gasteiger partial charge in [-0.15, -0.1) is 0 Å². The third-order valence-electron chi connectivity index (χ3n) is 3.90. The van der Waals surface area contributed by atoms with Gasteiger partial charge in [-0.05, 0) is 18.1 Å². The molecule has 112 valence electrons. The molecule has 2 saturated heterocycles. The number of carbonyl (C=O) groups excluding carboxylic acids is 2. The standard InChI is InChI=1S/C14H14F2N2O3/c15-10-3-1-2-9(11(10)16)4-6-18-12(19)14(17-13(18)20)5-7-21-8-14/h1-3H,4-8H2,(H,17,20)/t14-/m0/s1. The quantitative estimate of drug-likeness (QED) is 0.853. The van der Waals surface area contributed by atoms with Crippen LogP contribution in [0.5, 0.6) is 0 Å². The van der Waals surface area contributed by atoms with Gasteiger partial charge in [0.15, 0.2) is 11.6 Å². The number of imide groups is 1. The van der Waals surface area contributed by atoms with Gasteiger partial charge in [0.25, 0.3) is 5.91 Å². The fourth-order valence-corrected chi connectivity index (χ4v) is 2.69. The van der Waals surface area contributed by atoms with E-state index in [1.54, 1.807) is 0 Å². The Morgan fingerprint density at radius 1 is 1.33 bits per heavy atom. The van der Waals surface area contributed by atoms with Crippen LogP contribution in [0.3, 0.4) is 0 Å². The molecular formula is C14H14F2N2O3. The first-order valence-electron chi connectivity index (χ1n) is 6.68. The lowest BCUT2D eigenvalue weighted by Gasteiger charge is -2.18. The molecule has 0 saturated carbocycles. The van der Waals surface area contributed by atoms with Crippen molar-refractivity contribution in [1.29, 1.82) is 0 Å². The predicted molar refractivity (Wildman–Crippen MR) is 68.5 cm³/mol. The Morgan fingerprint density at radius 2 is 2.14 bits per heavy atom. The average Bonchev–Trinajstić information content (AvgIpc) is 3.00. The minimum absolute atomic E-state index is 0.00674. The minimum Gasteiger partial charge on any atom is -0.378 e. The van der Waals surface area contributed by atoms with E-state index >= 15 is 0 Å². The van der Waals surface area contributed by atoms with Crippen LogP contribution in [0.25, 0.3) is 0 Å². The van der Waals surface area contributed by atoms with E-state index in [1.807, 2.05) is 0 Å². The number of halogens is 2. The van der Waals surface area contributed by atoms with Crippen molar-refractivity contribution in [2.45, 2.75) is 18.4 Å². The van der Waals surface area contributed by atoms with Gasteiger partial charge in [-0.3, -0.25) is 9.69 Å². The normalized spacial score (nSPS) is 25.0. The van der Waals surface area contributed by atoms with Gasteiger partial charge in [0, 0.05) is 19.6 Å². The Bertz CT molecular complexity index is 600. The monoisotopic (exact) mass is 296 g/mol. The molecule has 0 unspecified atom stereocenters. The smallest absolute Gasteiger partial charge is 0.325 e. The lowest BCUT2D eigenvalue weighted by atomic mass is 9.99. The molecule has 2 aliphatic rings. The number of nitrogens with one attached hydrogen (secondary N) is 1. The Morgan fingerprint density at radius 3 is 2.86 bits per heavy atom. The Labute approximate surface area is 119 Å². The second kappa shape index (κ2) is 5.07. The van der Waals surface area contributed by atoms with E-state index in [0.717, 1.165) is 11.0 Å². The van der Waals surface area contributed by atoms with E-state index in [1.165, 1.54) is 12.1 Å². The molecule has 3 rings (SSSR count). The van der Waals surface area contributed by atoms with Crippen LogP contribution in [0, 0.1) is 11.6 Å². The van der Waals surface area contributed by atoms with Gasteiger partial charge in [0.05, 0.1) is 6.61 Å². The molecule has 1 aromatic rings. The largest absolute Gasteiger partial charge is 0.378 e. The fourth-order valence-electron chi connectivity index (χ4n) is 2.69. The van der Waals surface area contributed by atoms with E-state index < -0.39 is 23.2 Å². The molecular weight excluding hydrogens is 282 g/mol. The summed E-state index contributed by atoms with van der Waals surface area (Å²) in [5.74, 6) is -2.24. The van der Waals surface area contributed by atoms with E-state index in [0.29, 0.717) is 13.0 Å². The number of amides is 3. The summed E-state index contributed by atoms with van der Waals surface area (Å²) < 4.78 is 31.9. The second-order valence-corrected chi connectivity index (χ2v) is 5.23. The van der Waals surface area contributed by atoms with E-state index in [4.69, 9.17) is 4.74 Å². The molecule has 1 aromatic carbocycles.